The Labute approximate surface area is 169 Å². The van der Waals surface area contributed by atoms with Gasteiger partial charge >= 0.3 is 5.69 Å². The van der Waals surface area contributed by atoms with E-state index in [4.69, 9.17) is 10.5 Å². The second-order valence-corrected chi connectivity index (χ2v) is 6.11. The van der Waals surface area contributed by atoms with Crippen molar-refractivity contribution in [3.8, 4) is 11.4 Å². The summed E-state index contributed by atoms with van der Waals surface area (Å²) in [6, 6.07) is 10.0. The molecular formula is C19H16FN5O5. The van der Waals surface area contributed by atoms with Crippen molar-refractivity contribution in [2.24, 2.45) is 5.73 Å². The molecule has 0 aliphatic rings. The lowest BCUT2D eigenvalue weighted by atomic mass is 10.1. The number of amides is 2. The summed E-state index contributed by atoms with van der Waals surface area (Å²) in [7, 11) is 1.38. The molecule has 0 bridgehead atoms. The fraction of sp³-hybridized carbons (Fsp3) is 0.105. The molecule has 0 unspecified atom stereocenters. The number of primary amides is 1. The average molecular weight is 413 g/mol. The highest BCUT2D eigenvalue weighted by Crippen LogP contribution is 2.22. The number of carbonyl (C=O) groups excluding carboxylic acids is 2. The molecule has 0 aliphatic heterocycles. The molecule has 0 saturated carbocycles. The van der Waals surface area contributed by atoms with Crippen molar-refractivity contribution >= 4 is 17.5 Å². The van der Waals surface area contributed by atoms with Crippen LogP contribution in [-0.4, -0.2) is 33.6 Å². The number of aromatic nitrogens is 2. The lowest BCUT2D eigenvalue weighted by Crippen LogP contribution is -2.23. The maximum absolute atomic E-state index is 13.4. The van der Waals surface area contributed by atoms with E-state index in [2.05, 4.69) is 10.4 Å². The van der Waals surface area contributed by atoms with Crippen LogP contribution in [0.3, 0.4) is 0 Å². The first kappa shape index (κ1) is 20.5. The molecule has 154 valence electrons. The number of carbonyl (C=O) groups is 2. The highest BCUT2D eigenvalue weighted by molar-refractivity contribution is 5.97. The van der Waals surface area contributed by atoms with Crippen LogP contribution in [0.4, 0.5) is 10.1 Å². The van der Waals surface area contributed by atoms with Crippen molar-refractivity contribution in [2.75, 3.05) is 7.11 Å². The van der Waals surface area contributed by atoms with Crippen LogP contribution in [0, 0.1) is 15.9 Å². The molecule has 1 aromatic heterocycles. The van der Waals surface area contributed by atoms with E-state index in [1.807, 2.05) is 0 Å². The van der Waals surface area contributed by atoms with E-state index >= 15 is 0 Å². The number of ether oxygens (including phenoxy) is 1. The molecular weight excluding hydrogens is 397 g/mol. The lowest BCUT2D eigenvalue weighted by Gasteiger charge is -2.10. The number of methoxy groups -OCH3 is 1. The van der Waals surface area contributed by atoms with E-state index in [9.17, 15) is 24.1 Å². The normalized spacial score (nSPS) is 10.5. The van der Waals surface area contributed by atoms with E-state index in [1.165, 1.54) is 19.2 Å². The second-order valence-electron chi connectivity index (χ2n) is 6.11. The minimum atomic E-state index is -0.986. The van der Waals surface area contributed by atoms with Crippen LogP contribution in [0.5, 0.6) is 5.75 Å². The predicted molar refractivity (Wildman–Crippen MR) is 103 cm³/mol. The minimum absolute atomic E-state index is 0.0593. The standard InChI is InChI=1S/C19H16FN5O5/c1-30-16-7-4-12(20)8-14(16)19(27)22-9-11-2-5-13(6-3-11)24-17(18(21)26)15(10-23-24)25(28)29/h2-8,10H,9H2,1H3,(H2,21,26)(H,22,27). The van der Waals surface area contributed by atoms with Crippen LogP contribution < -0.4 is 15.8 Å². The molecule has 2 amide bonds. The molecule has 0 spiro atoms. The van der Waals surface area contributed by atoms with Gasteiger partial charge in [-0.1, -0.05) is 12.1 Å². The lowest BCUT2D eigenvalue weighted by molar-refractivity contribution is -0.385. The van der Waals surface area contributed by atoms with Gasteiger partial charge in [-0.05, 0) is 35.9 Å². The van der Waals surface area contributed by atoms with E-state index in [0.717, 1.165) is 16.9 Å². The molecule has 10 nitrogen and oxygen atoms in total. The largest absolute Gasteiger partial charge is 0.496 e. The minimum Gasteiger partial charge on any atom is -0.496 e. The van der Waals surface area contributed by atoms with Crippen molar-refractivity contribution in [3.05, 3.63) is 81.4 Å². The van der Waals surface area contributed by atoms with Gasteiger partial charge in [0.1, 0.15) is 17.8 Å². The van der Waals surface area contributed by atoms with Crippen molar-refractivity contribution in [1.82, 2.24) is 15.1 Å². The van der Waals surface area contributed by atoms with Crippen molar-refractivity contribution < 1.29 is 23.6 Å². The Morgan fingerprint density at radius 1 is 1.27 bits per heavy atom. The maximum atomic E-state index is 13.4. The van der Waals surface area contributed by atoms with Gasteiger partial charge < -0.3 is 15.8 Å². The molecule has 11 heteroatoms. The molecule has 0 fully saturated rings. The highest BCUT2D eigenvalue weighted by Gasteiger charge is 2.25. The molecule has 3 N–H and O–H groups in total. The van der Waals surface area contributed by atoms with Gasteiger partial charge in [-0.15, -0.1) is 0 Å². The van der Waals surface area contributed by atoms with Gasteiger partial charge in [0.2, 0.25) is 5.69 Å². The number of rotatable bonds is 7. The van der Waals surface area contributed by atoms with Gasteiger partial charge in [0.15, 0.2) is 0 Å². The number of nitrogens with zero attached hydrogens (tertiary/aromatic N) is 3. The first-order chi connectivity index (χ1) is 14.3. The van der Waals surface area contributed by atoms with Gasteiger partial charge in [-0.2, -0.15) is 5.10 Å². The molecule has 0 radical (unpaired) electrons. The average Bonchev–Trinajstić information content (AvgIpc) is 3.18. The topological polar surface area (TPSA) is 142 Å². The van der Waals surface area contributed by atoms with Crippen LogP contribution in [0.15, 0.2) is 48.7 Å². The van der Waals surface area contributed by atoms with Gasteiger partial charge in [0.05, 0.1) is 23.3 Å². The maximum Gasteiger partial charge on any atom is 0.320 e. The fourth-order valence-corrected chi connectivity index (χ4v) is 2.79. The molecule has 0 saturated heterocycles. The summed E-state index contributed by atoms with van der Waals surface area (Å²) < 4.78 is 19.6. The predicted octanol–water partition coefficient (Wildman–Crippen LogP) is 1.96. The van der Waals surface area contributed by atoms with E-state index in [0.29, 0.717) is 11.3 Å². The van der Waals surface area contributed by atoms with Crippen LogP contribution in [0.2, 0.25) is 0 Å². The number of hydrogen-bond acceptors (Lipinski definition) is 6. The van der Waals surface area contributed by atoms with Crippen LogP contribution in [-0.2, 0) is 6.54 Å². The Bertz CT molecular complexity index is 1130. The summed E-state index contributed by atoms with van der Waals surface area (Å²) in [4.78, 5) is 34.2. The van der Waals surface area contributed by atoms with Gasteiger partial charge in [-0.3, -0.25) is 19.7 Å². The zero-order chi connectivity index (χ0) is 21.8. The molecule has 30 heavy (non-hydrogen) atoms. The SMILES string of the molecule is COc1ccc(F)cc1C(=O)NCc1ccc(-n2ncc([N+](=O)[O-])c2C(N)=O)cc1. The molecule has 3 aromatic rings. The molecule has 3 rings (SSSR count). The number of halogens is 1. The number of nitrogens with two attached hydrogens (primary N) is 1. The highest BCUT2D eigenvalue weighted by atomic mass is 19.1. The Kier molecular flexibility index (Phi) is 5.72. The smallest absolute Gasteiger partial charge is 0.320 e. The van der Waals surface area contributed by atoms with E-state index in [1.54, 1.807) is 24.3 Å². The quantitative estimate of drug-likeness (QED) is 0.448. The molecule has 0 atom stereocenters. The monoisotopic (exact) mass is 413 g/mol. The summed E-state index contributed by atoms with van der Waals surface area (Å²) in [6.45, 7) is 0.126. The molecule has 2 aromatic carbocycles. The van der Waals surface area contributed by atoms with Crippen LogP contribution >= 0.6 is 0 Å². The van der Waals surface area contributed by atoms with Crippen LogP contribution in [0.1, 0.15) is 26.4 Å². The molecule has 1 heterocycles. The van der Waals surface area contributed by atoms with E-state index < -0.39 is 28.2 Å². The van der Waals surface area contributed by atoms with Gasteiger partial charge in [0.25, 0.3) is 11.8 Å². The van der Waals surface area contributed by atoms with Crippen molar-refractivity contribution in [2.45, 2.75) is 6.54 Å². The summed E-state index contributed by atoms with van der Waals surface area (Å²) >= 11 is 0. The summed E-state index contributed by atoms with van der Waals surface area (Å²) in [5, 5.41) is 17.5. The Balaban J connectivity index is 1.76. The van der Waals surface area contributed by atoms with Crippen molar-refractivity contribution in [3.63, 3.8) is 0 Å². The number of benzene rings is 2. The van der Waals surface area contributed by atoms with Crippen LogP contribution in [0.25, 0.3) is 5.69 Å². The van der Waals surface area contributed by atoms with Crippen molar-refractivity contribution in [1.29, 1.82) is 0 Å². The van der Waals surface area contributed by atoms with Gasteiger partial charge in [-0.25, -0.2) is 9.07 Å². The zero-order valence-electron chi connectivity index (χ0n) is 15.7. The van der Waals surface area contributed by atoms with E-state index in [-0.39, 0.29) is 23.6 Å². The number of nitro groups is 1. The Morgan fingerprint density at radius 3 is 2.57 bits per heavy atom. The third-order valence-corrected chi connectivity index (χ3v) is 4.22. The summed E-state index contributed by atoms with van der Waals surface area (Å²) in [6.07, 6.45) is 0.945. The summed E-state index contributed by atoms with van der Waals surface area (Å²) in [5.41, 5.74) is 5.52. The Hall–Kier alpha value is -4.28. The Morgan fingerprint density at radius 2 is 1.97 bits per heavy atom. The fourth-order valence-electron chi connectivity index (χ4n) is 2.79. The molecule has 0 aliphatic carbocycles. The third-order valence-electron chi connectivity index (χ3n) is 4.22. The number of nitrogens with one attached hydrogen (secondary N) is 1. The first-order valence-corrected chi connectivity index (χ1v) is 8.55. The first-order valence-electron chi connectivity index (χ1n) is 8.55. The van der Waals surface area contributed by atoms with Gasteiger partial charge in [0, 0.05) is 6.54 Å². The second kappa shape index (κ2) is 8.39. The third kappa shape index (κ3) is 4.09. The summed E-state index contributed by atoms with van der Waals surface area (Å²) in [5.74, 6) is -1.83. The number of hydrogen-bond donors (Lipinski definition) is 2. The zero-order valence-corrected chi connectivity index (χ0v) is 15.7.